The number of hydrogen-bond acceptors (Lipinski definition) is 2. The van der Waals surface area contributed by atoms with Gasteiger partial charge in [-0.1, -0.05) is 43.2 Å². The van der Waals surface area contributed by atoms with Crippen molar-refractivity contribution in [2.45, 2.75) is 44.6 Å². The van der Waals surface area contributed by atoms with Crippen LogP contribution in [-0.2, 0) is 11.2 Å². The lowest BCUT2D eigenvalue weighted by Crippen LogP contribution is -2.37. The average molecular weight is 260 g/mol. The molecule has 2 rings (SSSR count). The molecule has 0 radical (unpaired) electrons. The highest BCUT2D eigenvalue weighted by Crippen LogP contribution is 2.25. The minimum Gasteiger partial charge on any atom is -0.356 e. The summed E-state index contributed by atoms with van der Waals surface area (Å²) in [7, 11) is 0. The second kappa shape index (κ2) is 7.29. The third kappa shape index (κ3) is 4.67. The molecule has 1 saturated carbocycles. The molecule has 0 aromatic heterocycles. The van der Waals surface area contributed by atoms with Gasteiger partial charge in [0.25, 0.3) is 0 Å². The zero-order valence-corrected chi connectivity index (χ0v) is 11.5. The van der Waals surface area contributed by atoms with Gasteiger partial charge in [-0.2, -0.15) is 0 Å². The summed E-state index contributed by atoms with van der Waals surface area (Å²) in [5, 5.41) is 3.00. The summed E-state index contributed by atoms with van der Waals surface area (Å²) in [5.74, 6) is 0.531. The molecule has 3 nitrogen and oxygen atoms in total. The first kappa shape index (κ1) is 14.1. The van der Waals surface area contributed by atoms with E-state index < -0.39 is 0 Å². The SMILES string of the molecule is NC1CCCCC1CC(=O)NCCc1ccccc1. The van der Waals surface area contributed by atoms with Gasteiger partial charge in [0.2, 0.25) is 5.91 Å². The van der Waals surface area contributed by atoms with E-state index in [9.17, 15) is 4.79 Å². The third-order valence-corrected chi connectivity index (χ3v) is 3.99. The van der Waals surface area contributed by atoms with Gasteiger partial charge < -0.3 is 11.1 Å². The smallest absolute Gasteiger partial charge is 0.220 e. The lowest BCUT2D eigenvalue weighted by atomic mass is 9.83. The van der Waals surface area contributed by atoms with Gasteiger partial charge in [0.05, 0.1) is 0 Å². The molecule has 1 amide bonds. The maximum absolute atomic E-state index is 11.9. The van der Waals surface area contributed by atoms with Crippen molar-refractivity contribution in [3.63, 3.8) is 0 Å². The summed E-state index contributed by atoms with van der Waals surface area (Å²) < 4.78 is 0. The minimum atomic E-state index is 0.151. The van der Waals surface area contributed by atoms with Crippen molar-refractivity contribution in [3.8, 4) is 0 Å². The van der Waals surface area contributed by atoms with Crippen LogP contribution >= 0.6 is 0 Å². The van der Waals surface area contributed by atoms with E-state index in [1.807, 2.05) is 18.2 Å². The normalized spacial score (nSPS) is 23.0. The number of rotatable bonds is 5. The lowest BCUT2D eigenvalue weighted by Gasteiger charge is -2.27. The summed E-state index contributed by atoms with van der Waals surface area (Å²) in [4.78, 5) is 11.9. The second-order valence-corrected chi connectivity index (χ2v) is 5.50. The van der Waals surface area contributed by atoms with Crippen LogP contribution in [0, 0.1) is 5.92 Å². The van der Waals surface area contributed by atoms with E-state index in [2.05, 4.69) is 17.4 Å². The quantitative estimate of drug-likeness (QED) is 0.853. The van der Waals surface area contributed by atoms with Crippen LogP contribution in [0.3, 0.4) is 0 Å². The maximum Gasteiger partial charge on any atom is 0.220 e. The monoisotopic (exact) mass is 260 g/mol. The van der Waals surface area contributed by atoms with E-state index in [1.165, 1.54) is 18.4 Å². The van der Waals surface area contributed by atoms with Crippen molar-refractivity contribution >= 4 is 5.91 Å². The topological polar surface area (TPSA) is 55.1 Å². The molecule has 1 aromatic carbocycles. The standard InChI is InChI=1S/C16H24N2O/c17-15-9-5-4-8-14(15)12-16(19)18-11-10-13-6-2-1-3-7-13/h1-3,6-7,14-15H,4-5,8-12,17H2,(H,18,19). The van der Waals surface area contributed by atoms with Crippen molar-refractivity contribution in [1.82, 2.24) is 5.32 Å². The molecule has 0 spiro atoms. The van der Waals surface area contributed by atoms with Gasteiger partial charge in [-0.15, -0.1) is 0 Å². The lowest BCUT2D eigenvalue weighted by molar-refractivity contribution is -0.122. The van der Waals surface area contributed by atoms with Crippen LogP contribution in [0.2, 0.25) is 0 Å². The highest BCUT2D eigenvalue weighted by molar-refractivity contribution is 5.76. The van der Waals surface area contributed by atoms with Crippen molar-refractivity contribution in [2.24, 2.45) is 11.7 Å². The molecule has 0 saturated heterocycles. The Kier molecular flexibility index (Phi) is 5.40. The molecule has 1 aliphatic rings. The summed E-state index contributed by atoms with van der Waals surface area (Å²) in [6, 6.07) is 10.4. The van der Waals surface area contributed by atoms with E-state index in [1.54, 1.807) is 0 Å². The Labute approximate surface area is 115 Å². The molecule has 104 valence electrons. The zero-order chi connectivity index (χ0) is 13.5. The summed E-state index contributed by atoms with van der Waals surface area (Å²) in [6.45, 7) is 0.713. The van der Waals surface area contributed by atoms with Crippen LogP contribution in [0.15, 0.2) is 30.3 Å². The molecule has 0 bridgehead atoms. The van der Waals surface area contributed by atoms with E-state index in [0.717, 1.165) is 19.3 Å². The predicted octanol–water partition coefficient (Wildman–Crippen LogP) is 2.25. The van der Waals surface area contributed by atoms with Crippen LogP contribution in [0.4, 0.5) is 0 Å². The molecule has 0 heterocycles. The van der Waals surface area contributed by atoms with Crippen LogP contribution in [0.1, 0.15) is 37.7 Å². The first-order valence-electron chi connectivity index (χ1n) is 7.32. The molecular formula is C16H24N2O. The first-order valence-corrected chi connectivity index (χ1v) is 7.32. The fourth-order valence-corrected chi connectivity index (χ4v) is 2.79. The summed E-state index contributed by atoms with van der Waals surface area (Å²) >= 11 is 0. The van der Waals surface area contributed by atoms with Gasteiger partial charge in [0.1, 0.15) is 0 Å². The Hall–Kier alpha value is -1.35. The highest BCUT2D eigenvalue weighted by atomic mass is 16.1. The largest absolute Gasteiger partial charge is 0.356 e. The Morgan fingerprint density at radius 2 is 1.95 bits per heavy atom. The van der Waals surface area contributed by atoms with Crippen molar-refractivity contribution in [2.75, 3.05) is 6.54 Å². The Morgan fingerprint density at radius 3 is 2.68 bits per heavy atom. The molecule has 19 heavy (non-hydrogen) atoms. The summed E-state index contributed by atoms with van der Waals surface area (Å²) in [5.41, 5.74) is 7.33. The number of carbonyl (C=O) groups is 1. The molecule has 1 fully saturated rings. The van der Waals surface area contributed by atoms with Crippen molar-refractivity contribution in [1.29, 1.82) is 0 Å². The fourth-order valence-electron chi connectivity index (χ4n) is 2.79. The van der Waals surface area contributed by atoms with Crippen LogP contribution < -0.4 is 11.1 Å². The van der Waals surface area contributed by atoms with Gasteiger partial charge in [-0.05, 0) is 30.7 Å². The van der Waals surface area contributed by atoms with Gasteiger partial charge in [0, 0.05) is 19.0 Å². The van der Waals surface area contributed by atoms with E-state index >= 15 is 0 Å². The molecular weight excluding hydrogens is 236 g/mol. The van der Waals surface area contributed by atoms with Crippen LogP contribution in [0.25, 0.3) is 0 Å². The first-order chi connectivity index (χ1) is 9.25. The molecule has 0 aliphatic heterocycles. The minimum absolute atomic E-state index is 0.151. The Bertz CT molecular complexity index is 391. The number of amides is 1. The van der Waals surface area contributed by atoms with Crippen molar-refractivity contribution in [3.05, 3.63) is 35.9 Å². The van der Waals surface area contributed by atoms with Gasteiger partial charge >= 0.3 is 0 Å². The number of benzene rings is 1. The molecule has 2 atom stereocenters. The van der Waals surface area contributed by atoms with Crippen LogP contribution in [0.5, 0.6) is 0 Å². The fraction of sp³-hybridized carbons (Fsp3) is 0.562. The van der Waals surface area contributed by atoms with Crippen molar-refractivity contribution < 1.29 is 4.79 Å². The molecule has 1 aromatic rings. The number of nitrogens with one attached hydrogen (secondary N) is 1. The molecule has 1 aliphatic carbocycles. The van der Waals surface area contributed by atoms with Gasteiger partial charge in [0.15, 0.2) is 0 Å². The Balaban J connectivity index is 1.67. The van der Waals surface area contributed by atoms with Gasteiger partial charge in [-0.25, -0.2) is 0 Å². The molecule has 2 unspecified atom stereocenters. The average Bonchev–Trinajstić information content (AvgIpc) is 2.43. The van der Waals surface area contributed by atoms with Crippen LogP contribution in [-0.4, -0.2) is 18.5 Å². The van der Waals surface area contributed by atoms with E-state index in [-0.39, 0.29) is 11.9 Å². The predicted molar refractivity (Wildman–Crippen MR) is 77.7 cm³/mol. The number of hydrogen-bond donors (Lipinski definition) is 2. The maximum atomic E-state index is 11.9. The molecule has 3 heteroatoms. The summed E-state index contributed by atoms with van der Waals surface area (Å²) in [6.07, 6.45) is 6.09. The molecule has 3 N–H and O–H groups in total. The van der Waals surface area contributed by atoms with E-state index in [0.29, 0.717) is 18.9 Å². The Morgan fingerprint density at radius 1 is 1.21 bits per heavy atom. The number of carbonyl (C=O) groups excluding carboxylic acids is 1. The van der Waals surface area contributed by atoms with E-state index in [4.69, 9.17) is 5.73 Å². The highest BCUT2D eigenvalue weighted by Gasteiger charge is 2.23. The second-order valence-electron chi connectivity index (χ2n) is 5.50. The van der Waals surface area contributed by atoms with Gasteiger partial charge in [-0.3, -0.25) is 4.79 Å². The third-order valence-electron chi connectivity index (χ3n) is 3.99. The zero-order valence-electron chi connectivity index (χ0n) is 11.5. The number of nitrogens with two attached hydrogens (primary N) is 1.